The molecule has 4 rings (SSSR count). The van der Waals surface area contributed by atoms with Crippen LogP contribution in [0.15, 0.2) is 36.5 Å². The molecule has 0 bridgehead atoms. The fourth-order valence-electron chi connectivity index (χ4n) is 4.27. The topological polar surface area (TPSA) is 124 Å². The SMILES string of the molecule is CNCCCNC(=O)c1ccc(NC(=O)c2ccc3c(c2)C2C(C)CNC(=O)C2N3)cn1. The Morgan fingerprint density at radius 3 is 2.75 bits per heavy atom. The summed E-state index contributed by atoms with van der Waals surface area (Å²) in [4.78, 5) is 41.3. The predicted molar refractivity (Wildman–Crippen MR) is 122 cm³/mol. The molecule has 3 amide bonds. The maximum absolute atomic E-state index is 12.8. The van der Waals surface area contributed by atoms with Crippen LogP contribution in [0.4, 0.5) is 11.4 Å². The molecule has 1 saturated heterocycles. The number of nitrogens with zero attached hydrogens (tertiary/aromatic N) is 1. The molecule has 2 aliphatic rings. The number of aromatic nitrogens is 1. The van der Waals surface area contributed by atoms with E-state index in [2.05, 4.69) is 38.5 Å². The van der Waals surface area contributed by atoms with Crippen molar-refractivity contribution in [3.8, 4) is 0 Å². The van der Waals surface area contributed by atoms with Gasteiger partial charge in [-0.1, -0.05) is 6.92 Å². The summed E-state index contributed by atoms with van der Waals surface area (Å²) in [6.45, 7) is 4.11. The van der Waals surface area contributed by atoms with Crippen LogP contribution >= 0.6 is 0 Å². The highest BCUT2D eigenvalue weighted by atomic mass is 16.2. The first-order valence-corrected chi connectivity index (χ1v) is 10.9. The van der Waals surface area contributed by atoms with Gasteiger partial charge in [-0.3, -0.25) is 14.4 Å². The van der Waals surface area contributed by atoms with Crippen LogP contribution < -0.4 is 26.6 Å². The normalized spacial score (nSPS) is 21.1. The second-order valence-corrected chi connectivity index (χ2v) is 8.27. The highest BCUT2D eigenvalue weighted by molar-refractivity contribution is 6.05. The second kappa shape index (κ2) is 9.35. The van der Waals surface area contributed by atoms with Gasteiger partial charge in [-0.05, 0) is 61.8 Å². The van der Waals surface area contributed by atoms with Crippen molar-refractivity contribution in [3.05, 3.63) is 53.3 Å². The molecule has 1 aromatic heterocycles. The Bertz CT molecular complexity index is 1020. The summed E-state index contributed by atoms with van der Waals surface area (Å²) >= 11 is 0. The van der Waals surface area contributed by atoms with Crippen LogP contribution in [0.25, 0.3) is 0 Å². The quantitative estimate of drug-likeness (QED) is 0.417. The van der Waals surface area contributed by atoms with Crippen LogP contribution in [0.5, 0.6) is 0 Å². The molecule has 2 aromatic rings. The molecule has 0 saturated carbocycles. The van der Waals surface area contributed by atoms with E-state index in [0.717, 1.165) is 24.2 Å². The number of hydrogen-bond donors (Lipinski definition) is 5. The number of piperidine rings is 1. The van der Waals surface area contributed by atoms with E-state index in [1.807, 2.05) is 19.2 Å². The van der Waals surface area contributed by atoms with Crippen LogP contribution in [-0.4, -0.2) is 55.4 Å². The van der Waals surface area contributed by atoms with E-state index in [-0.39, 0.29) is 35.6 Å². The van der Waals surface area contributed by atoms with Gasteiger partial charge in [-0.2, -0.15) is 0 Å². The van der Waals surface area contributed by atoms with Crippen molar-refractivity contribution in [2.75, 3.05) is 37.3 Å². The van der Waals surface area contributed by atoms with Crippen LogP contribution in [0.2, 0.25) is 0 Å². The first-order valence-electron chi connectivity index (χ1n) is 10.9. The Balaban J connectivity index is 1.41. The minimum atomic E-state index is -0.298. The number of carbonyl (C=O) groups excluding carboxylic acids is 3. The van der Waals surface area contributed by atoms with Crippen molar-refractivity contribution < 1.29 is 14.4 Å². The average molecular weight is 437 g/mol. The van der Waals surface area contributed by atoms with Crippen LogP contribution in [0.1, 0.15) is 45.7 Å². The molecule has 9 heteroatoms. The second-order valence-electron chi connectivity index (χ2n) is 8.27. The standard InChI is InChI=1S/C23H28N6O3/c1-13-11-27-23(32)20-19(13)16-10-14(4-6-17(16)29-20)21(30)28-15-5-7-18(26-12-15)22(31)25-9-3-8-24-2/h4-7,10,12-13,19-20,24,29H,3,8-9,11H2,1-2H3,(H,25,31)(H,27,32)(H,28,30). The zero-order valence-electron chi connectivity index (χ0n) is 18.2. The lowest BCUT2D eigenvalue weighted by Gasteiger charge is -2.31. The third kappa shape index (κ3) is 4.43. The highest BCUT2D eigenvalue weighted by Gasteiger charge is 2.43. The molecule has 32 heavy (non-hydrogen) atoms. The summed E-state index contributed by atoms with van der Waals surface area (Å²) in [6.07, 6.45) is 2.30. The predicted octanol–water partition coefficient (Wildman–Crippen LogP) is 1.32. The summed E-state index contributed by atoms with van der Waals surface area (Å²) in [5.41, 5.74) is 3.20. The number of carbonyl (C=O) groups is 3. The van der Waals surface area contributed by atoms with Crippen LogP contribution in [0.3, 0.4) is 0 Å². The maximum Gasteiger partial charge on any atom is 0.269 e. The maximum atomic E-state index is 12.8. The third-order valence-corrected chi connectivity index (χ3v) is 5.98. The first-order chi connectivity index (χ1) is 15.5. The average Bonchev–Trinajstić information content (AvgIpc) is 3.19. The minimum Gasteiger partial charge on any atom is -0.373 e. The van der Waals surface area contributed by atoms with Gasteiger partial charge in [0, 0.05) is 30.3 Å². The number of rotatable bonds is 7. The van der Waals surface area contributed by atoms with Gasteiger partial charge in [0.2, 0.25) is 5.91 Å². The van der Waals surface area contributed by atoms with Crippen molar-refractivity contribution in [1.82, 2.24) is 20.9 Å². The lowest BCUT2D eigenvalue weighted by molar-refractivity contribution is -0.124. The molecule has 0 spiro atoms. The van der Waals surface area contributed by atoms with Crippen molar-refractivity contribution in [1.29, 1.82) is 0 Å². The minimum absolute atomic E-state index is 0.00691. The largest absolute Gasteiger partial charge is 0.373 e. The van der Waals surface area contributed by atoms with E-state index >= 15 is 0 Å². The Labute approximate surface area is 186 Å². The number of pyridine rings is 1. The molecule has 3 heterocycles. The summed E-state index contributed by atoms with van der Waals surface area (Å²) < 4.78 is 0. The van der Waals surface area contributed by atoms with Gasteiger partial charge in [-0.15, -0.1) is 0 Å². The van der Waals surface area contributed by atoms with Gasteiger partial charge in [0.1, 0.15) is 11.7 Å². The van der Waals surface area contributed by atoms with Gasteiger partial charge >= 0.3 is 0 Å². The molecule has 1 aromatic carbocycles. The van der Waals surface area contributed by atoms with Gasteiger partial charge in [0.05, 0.1) is 11.9 Å². The summed E-state index contributed by atoms with van der Waals surface area (Å²) in [5, 5.41) is 14.9. The molecule has 3 unspecified atom stereocenters. The Hall–Kier alpha value is -3.46. The summed E-state index contributed by atoms with van der Waals surface area (Å²) in [5.74, 6) is -0.210. The molecule has 168 valence electrons. The van der Waals surface area contributed by atoms with Crippen molar-refractivity contribution in [2.24, 2.45) is 5.92 Å². The first kappa shape index (κ1) is 21.8. The van der Waals surface area contributed by atoms with Gasteiger partial charge < -0.3 is 26.6 Å². The Morgan fingerprint density at radius 1 is 1.16 bits per heavy atom. The van der Waals surface area contributed by atoms with E-state index < -0.39 is 0 Å². The lowest BCUT2D eigenvalue weighted by atomic mass is 9.80. The molecular formula is C23H28N6O3. The monoisotopic (exact) mass is 436 g/mol. The van der Waals surface area contributed by atoms with E-state index in [4.69, 9.17) is 0 Å². The molecule has 2 aliphatic heterocycles. The Kier molecular flexibility index (Phi) is 6.36. The zero-order chi connectivity index (χ0) is 22.7. The molecule has 0 aliphatic carbocycles. The van der Waals surface area contributed by atoms with Crippen LogP contribution in [-0.2, 0) is 4.79 Å². The molecule has 1 fully saturated rings. The lowest BCUT2D eigenvalue weighted by Crippen LogP contribution is -2.49. The molecule has 0 radical (unpaired) electrons. The number of anilines is 2. The number of amides is 3. The number of fused-ring (bicyclic) bond motifs is 3. The number of benzene rings is 1. The zero-order valence-corrected chi connectivity index (χ0v) is 18.2. The molecule has 9 nitrogen and oxygen atoms in total. The summed E-state index contributed by atoms with van der Waals surface area (Å²) in [6, 6.07) is 8.39. The van der Waals surface area contributed by atoms with Gasteiger partial charge in [0.25, 0.3) is 11.8 Å². The van der Waals surface area contributed by atoms with Gasteiger partial charge in [0.15, 0.2) is 0 Å². The van der Waals surface area contributed by atoms with Crippen molar-refractivity contribution in [2.45, 2.75) is 25.3 Å². The number of hydrogen-bond acceptors (Lipinski definition) is 6. The van der Waals surface area contributed by atoms with E-state index in [0.29, 0.717) is 30.0 Å². The highest BCUT2D eigenvalue weighted by Crippen LogP contribution is 2.42. The fourth-order valence-corrected chi connectivity index (χ4v) is 4.27. The van der Waals surface area contributed by atoms with E-state index in [1.54, 1.807) is 18.2 Å². The molecule has 5 N–H and O–H groups in total. The summed E-state index contributed by atoms with van der Waals surface area (Å²) in [7, 11) is 1.86. The Morgan fingerprint density at radius 2 is 2.00 bits per heavy atom. The molecule has 3 atom stereocenters. The van der Waals surface area contributed by atoms with E-state index in [9.17, 15) is 14.4 Å². The van der Waals surface area contributed by atoms with Crippen molar-refractivity contribution in [3.63, 3.8) is 0 Å². The van der Waals surface area contributed by atoms with Crippen molar-refractivity contribution >= 4 is 29.1 Å². The van der Waals surface area contributed by atoms with Crippen LogP contribution in [0, 0.1) is 5.92 Å². The molecular weight excluding hydrogens is 408 g/mol. The third-order valence-electron chi connectivity index (χ3n) is 5.98. The van der Waals surface area contributed by atoms with Gasteiger partial charge in [-0.25, -0.2) is 4.98 Å². The van der Waals surface area contributed by atoms with E-state index in [1.165, 1.54) is 6.20 Å². The number of nitrogens with one attached hydrogen (secondary N) is 5. The fraction of sp³-hybridized carbons (Fsp3) is 0.391. The smallest absolute Gasteiger partial charge is 0.269 e.